The van der Waals surface area contributed by atoms with Crippen LogP contribution in [0.1, 0.15) is 65.4 Å². The Labute approximate surface area is 208 Å². The van der Waals surface area contributed by atoms with Crippen LogP contribution < -0.4 is 16.0 Å². The summed E-state index contributed by atoms with van der Waals surface area (Å²) in [6.45, 7) is 0.673. The van der Waals surface area contributed by atoms with Crippen molar-refractivity contribution < 1.29 is 18.0 Å². The fourth-order valence-corrected chi connectivity index (χ4v) is 7.96. The van der Waals surface area contributed by atoms with Crippen LogP contribution in [0.2, 0.25) is 0 Å². The first kappa shape index (κ1) is 23.0. The van der Waals surface area contributed by atoms with Crippen molar-refractivity contribution in [3.8, 4) is 0 Å². The molecule has 1 aliphatic heterocycles. The number of hydrogen-bond acceptors (Lipinski definition) is 8. The molecule has 3 N–H and O–H groups in total. The number of sulfone groups is 1. The van der Waals surface area contributed by atoms with E-state index in [9.17, 15) is 18.0 Å². The van der Waals surface area contributed by atoms with Crippen molar-refractivity contribution in [2.75, 3.05) is 28.7 Å². The Morgan fingerprint density at radius 1 is 1.14 bits per heavy atom. The van der Waals surface area contributed by atoms with Gasteiger partial charge in [0.25, 0.3) is 5.91 Å². The molecular formula is C23H30N6O4S2. The van der Waals surface area contributed by atoms with Crippen molar-refractivity contribution in [1.29, 1.82) is 0 Å². The Morgan fingerprint density at radius 3 is 2.69 bits per heavy atom. The number of thiophene rings is 1. The van der Waals surface area contributed by atoms with E-state index in [0.29, 0.717) is 41.8 Å². The lowest BCUT2D eigenvalue weighted by Crippen LogP contribution is -2.29. The maximum absolute atomic E-state index is 13.3. The average molecular weight is 519 g/mol. The number of carbonyl (C=O) groups is 2. The smallest absolute Gasteiger partial charge is 0.254 e. The monoisotopic (exact) mass is 518 g/mol. The van der Waals surface area contributed by atoms with Crippen LogP contribution in [0.4, 0.5) is 10.9 Å². The molecule has 0 bridgehead atoms. The van der Waals surface area contributed by atoms with E-state index in [2.05, 4.69) is 26.1 Å². The fourth-order valence-electron chi connectivity index (χ4n) is 5.04. The predicted molar refractivity (Wildman–Crippen MR) is 132 cm³/mol. The highest BCUT2D eigenvalue weighted by Crippen LogP contribution is 2.42. The number of hydrogen-bond donors (Lipinski definition) is 3. The van der Waals surface area contributed by atoms with Gasteiger partial charge in [0.05, 0.1) is 17.1 Å². The zero-order valence-corrected chi connectivity index (χ0v) is 21.1. The van der Waals surface area contributed by atoms with E-state index in [1.165, 1.54) is 11.3 Å². The zero-order chi connectivity index (χ0) is 24.2. The molecule has 2 aromatic heterocycles. The van der Waals surface area contributed by atoms with Gasteiger partial charge in [-0.1, -0.05) is 0 Å². The van der Waals surface area contributed by atoms with E-state index in [4.69, 9.17) is 0 Å². The molecule has 0 spiro atoms. The molecule has 188 valence electrons. The number of nitrogens with one attached hydrogen (secondary N) is 3. The van der Waals surface area contributed by atoms with E-state index in [-0.39, 0.29) is 41.3 Å². The molecule has 3 heterocycles. The van der Waals surface area contributed by atoms with Crippen molar-refractivity contribution in [2.24, 2.45) is 11.8 Å². The Kier molecular flexibility index (Phi) is 5.82. The molecule has 2 atom stereocenters. The lowest BCUT2D eigenvalue weighted by molar-refractivity contribution is -0.117. The van der Waals surface area contributed by atoms with E-state index in [1.54, 1.807) is 6.33 Å². The molecule has 6 rings (SSSR count). The maximum atomic E-state index is 13.3. The molecule has 1 saturated heterocycles. The third-order valence-electron chi connectivity index (χ3n) is 7.43. The second-order valence-electron chi connectivity index (χ2n) is 10.3. The minimum atomic E-state index is -3.01. The van der Waals surface area contributed by atoms with Crippen molar-refractivity contribution in [2.45, 2.75) is 63.5 Å². The fraction of sp³-hybridized carbons (Fsp3) is 0.652. The largest absolute Gasteiger partial charge is 0.352 e. The summed E-state index contributed by atoms with van der Waals surface area (Å²) >= 11 is 1.53. The van der Waals surface area contributed by atoms with Gasteiger partial charge < -0.3 is 16.0 Å². The minimum Gasteiger partial charge on any atom is -0.352 e. The molecule has 4 aliphatic rings. The van der Waals surface area contributed by atoms with E-state index >= 15 is 0 Å². The number of fused-ring (bicyclic) bond motifs is 1. The Balaban J connectivity index is 1.24. The normalized spacial score (nSPS) is 25.1. The lowest BCUT2D eigenvalue weighted by Gasteiger charge is -2.26. The van der Waals surface area contributed by atoms with Gasteiger partial charge >= 0.3 is 0 Å². The van der Waals surface area contributed by atoms with E-state index in [1.807, 2.05) is 4.57 Å². The van der Waals surface area contributed by atoms with Crippen LogP contribution in [0, 0.1) is 11.8 Å². The summed E-state index contributed by atoms with van der Waals surface area (Å²) in [6, 6.07) is -0.133. The molecule has 3 aliphatic carbocycles. The number of rotatable bonds is 8. The second-order valence-corrected chi connectivity index (χ2v) is 13.7. The van der Waals surface area contributed by atoms with Crippen LogP contribution in [0.25, 0.3) is 0 Å². The molecule has 12 heteroatoms. The van der Waals surface area contributed by atoms with Gasteiger partial charge in [-0.05, 0) is 62.8 Å². The second kappa shape index (κ2) is 8.88. The van der Waals surface area contributed by atoms with Crippen LogP contribution in [-0.4, -0.2) is 59.1 Å². The van der Waals surface area contributed by atoms with Gasteiger partial charge in [-0.3, -0.25) is 14.2 Å². The number of nitrogens with zero attached hydrogens (tertiary/aromatic N) is 3. The molecule has 3 fully saturated rings. The number of aromatic nitrogens is 3. The number of carbonyl (C=O) groups excluding carboxylic acids is 2. The van der Waals surface area contributed by atoms with E-state index in [0.717, 1.165) is 49.0 Å². The van der Waals surface area contributed by atoms with Gasteiger partial charge in [-0.25, -0.2) is 8.42 Å². The molecule has 35 heavy (non-hydrogen) atoms. The van der Waals surface area contributed by atoms with Gasteiger partial charge in [0.2, 0.25) is 11.9 Å². The Bertz CT molecular complexity index is 1260. The summed E-state index contributed by atoms with van der Waals surface area (Å²) in [7, 11) is -3.01. The quantitative estimate of drug-likeness (QED) is 0.487. The van der Waals surface area contributed by atoms with Crippen molar-refractivity contribution in [3.63, 3.8) is 0 Å². The van der Waals surface area contributed by atoms with Crippen molar-refractivity contribution in [1.82, 2.24) is 20.1 Å². The van der Waals surface area contributed by atoms with Crippen LogP contribution in [-0.2, 0) is 27.5 Å². The van der Waals surface area contributed by atoms with Gasteiger partial charge in [0.15, 0.2) is 9.84 Å². The first-order valence-corrected chi connectivity index (χ1v) is 15.1. The summed E-state index contributed by atoms with van der Waals surface area (Å²) in [4.78, 5) is 27.0. The van der Waals surface area contributed by atoms with Crippen LogP contribution in [0.3, 0.4) is 0 Å². The van der Waals surface area contributed by atoms with Crippen molar-refractivity contribution >= 4 is 43.9 Å². The third-order valence-corrected chi connectivity index (χ3v) is 10.4. The summed E-state index contributed by atoms with van der Waals surface area (Å²) < 4.78 is 25.7. The highest BCUT2D eigenvalue weighted by Gasteiger charge is 2.35. The molecular weight excluding hydrogens is 488 g/mol. The predicted octanol–water partition coefficient (Wildman–Crippen LogP) is 2.16. The molecule has 0 unspecified atom stereocenters. The number of anilines is 2. The summed E-state index contributed by atoms with van der Waals surface area (Å²) in [5.41, 5.74) is 1.60. The van der Waals surface area contributed by atoms with Crippen LogP contribution in [0.15, 0.2) is 6.33 Å². The molecule has 0 radical (unpaired) electrons. The maximum Gasteiger partial charge on any atom is 0.254 e. The molecule has 2 saturated carbocycles. The highest BCUT2D eigenvalue weighted by molar-refractivity contribution is 7.91. The minimum absolute atomic E-state index is 0.00759. The summed E-state index contributed by atoms with van der Waals surface area (Å²) in [5.74, 6) is 1.39. The van der Waals surface area contributed by atoms with Gasteiger partial charge in [0.1, 0.15) is 11.3 Å². The molecule has 2 aromatic rings. The summed E-state index contributed by atoms with van der Waals surface area (Å²) in [6.07, 6.45) is 8.64. The van der Waals surface area contributed by atoms with E-state index < -0.39 is 9.84 Å². The highest BCUT2D eigenvalue weighted by atomic mass is 32.2. The molecule has 2 amide bonds. The Morgan fingerprint density at radius 2 is 1.97 bits per heavy atom. The standard InChI is InChI=1S/C23H30N6O4S2/c30-20(14-3-4-14)27-22-19(21(31)24-10-13-1-2-13)17-9-16(5-6-18(17)34-22)29-12-25-28-23(29)26-15-7-8-35(32,33)11-15/h12-16H,1-11H2,(H,24,31)(H,26,28)(H,27,30)/t15-,16-/m0/s1. The van der Waals surface area contributed by atoms with Gasteiger partial charge in [0, 0.05) is 29.4 Å². The van der Waals surface area contributed by atoms with Gasteiger partial charge in [-0.15, -0.1) is 21.5 Å². The van der Waals surface area contributed by atoms with Crippen molar-refractivity contribution in [3.05, 3.63) is 22.3 Å². The SMILES string of the molecule is O=C(NCC1CC1)c1c(NC(=O)C2CC2)sc2c1C[C@@H](n1cnnc1N[C@H]1CCS(=O)(=O)C1)CC2. The molecule has 0 aromatic carbocycles. The average Bonchev–Trinajstić information content (AvgIpc) is 3.73. The van der Waals surface area contributed by atoms with Crippen LogP contribution in [0.5, 0.6) is 0 Å². The first-order chi connectivity index (χ1) is 16.9. The summed E-state index contributed by atoms with van der Waals surface area (Å²) in [5, 5.41) is 18.4. The topological polar surface area (TPSA) is 135 Å². The van der Waals surface area contributed by atoms with Crippen LogP contribution >= 0.6 is 11.3 Å². The number of amides is 2. The Hall–Kier alpha value is -2.47. The lowest BCUT2D eigenvalue weighted by atomic mass is 9.91. The van der Waals surface area contributed by atoms with Gasteiger partial charge in [-0.2, -0.15) is 0 Å². The first-order valence-electron chi connectivity index (χ1n) is 12.5. The molecule has 10 nitrogen and oxygen atoms in total. The third kappa shape index (κ3) is 4.95. The number of aryl methyl sites for hydroxylation is 1. The zero-order valence-electron chi connectivity index (χ0n) is 19.5.